The van der Waals surface area contributed by atoms with E-state index in [1.165, 1.54) is 24.3 Å². The third-order valence-electron chi connectivity index (χ3n) is 5.02. The smallest absolute Gasteiger partial charge is 0.315 e. The van der Waals surface area contributed by atoms with Crippen LogP contribution in [0.2, 0.25) is 0 Å². The molecule has 1 aliphatic rings. The van der Waals surface area contributed by atoms with Crippen LogP contribution in [-0.4, -0.2) is 29.2 Å². The zero-order valence-electron chi connectivity index (χ0n) is 16.0. The molecule has 2 amide bonds. The van der Waals surface area contributed by atoms with Gasteiger partial charge in [0.15, 0.2) is 0 Å². The van der Waals surface area contributed by atoms with Gasteiger partial charge in [-0.3, -0.25) is 19.3 Å². The summed E-state index contributed by atoms with van der Waals surface area (Å²) in [6, 6.07) is 21.1. The van der Waals surface area contributed by atoms with Crippen LogP contribution in [0.15, 0.2) is 78.9 Å². The highest BCUT2D eigenvalue weighted by Crippen LogP contribution is 2.27. The number of halogens is 1. The van der Waals surface area contributed by atoms with Crippen LogP contribution in [-0.2, 0) is 16.1 Å². The molecule has 3 aromatic carbocycles. The van der Waals surface area contributed by atoms with Crippen molar-refractivity contribution in [2.45, 2.75) is 12.5 Å². The highest BCUT2D eigenvalue weighted by Gasteiger charge is 2.38. The average molecular weight is 403 g/mol. The Hall–Kier alpha value is -3.80. The lowest BCUT2D eigenvalue weighted by Gasteiger charge is -2.22. The summed E-state index contributed by atoms with van der Waals surface area (Å²) in [6.45, 7) is -0.134. The van der Waals surface area contributed by atoms with Crippen LogP contribution in [0.5, 0.6) is 0 Å². The Labute approximate surface area is 172 Å². The zero-order chi connectivity index (χ0) is 21.1. The fourth-order valence-electron chi connectivity index (χ4n) is 3.43. The van der Waals surface area contributed by atoms with Crippen molar-refractivity contribution in [3.63, 3.8) is 0 Å². The van der Waals surface area contributed by atoms with Gasteiger partial charge in [0.05, 0.1) is 17.0 Å². The van der Waals surface area contributed by atoms with Crippen molar-refractivity contribution in [1.82, 2.24) is 4.90 Å². The van der Waals surface area contributed by atoms with Crippen molar-refractivity contribution in [3.8, 4) is 0 Å². The normalized spacial score (nSPS) is 13.8. The van der Waals surface area contributed by atoms with E-state index in [-0.39, 0.29) is 13.2 Å². The summed E-state index contributed by atoms with van der Waals surface area (Å²) in [5.74, 6) is -2.90. The molecule has 0 saturated carbocycles. The summed E-state index contributed by atoms with van der Waals surface area (Å²) in [5.41, 5.74) is 1.88. The number of imide groups is 1. The summed E-state index contributed by atoms with van der Waals surface area (Å²) in [5, 5.41) is 0. The maximum Gasteiger partial charge on any atom is 0.315 e. The molecule has 0 N–H and O–H groups in total. The van der Waals surface area contributed by atoms with Gasteiger partial charge in [0, 0.05) is 6.54 Å². The Morgan fingerprint density at radius 2 is 1.40 bits per heavy atom. The first-order valence-electron chi connectivity index (χ1n) is 9.46. The number of rotatable bonds is 6. The van der Waals surface area contributed by atoms with E-state index < -0.39 is 29.5 Å². The van der Waals surface area contributed by atoms with Crippen molar-refractivity contribution in [2.24, 2.45) is 0 Å². The maximum absolute atomic E-state index is 13.4. The molecule has 0 radical (unpaired) electrons. The van der Waals surface area contributed by atoms with Crippen molar-refractivity contribution in [3.05, 3.63) is 107 Å². The predicted octanol–water partition coefficient (Wildman–Crippen LogP) is 3.95. The van der Waals surface area contributed by atoms with Gasteiger partial charge < -0.3 is 4.74 Å². The van der Waals surface area contributed by atoms with Gasteiger partial charge in [0.1, 0.15) is 12.4 Å². The molecule has 30 heavy (non-hydrogen) atoms. The van der Waals surface area contributed by atoms with Crippen LogP contribution in [0.1, 0.15) is 37.8 Å². The molecule has 0 aromatic heterocycles. The Kier molecular flexibility index (Phi) is 5.39. The minimum absolute atomic E-state index is 0.0550. The number of fused-ring (bicyclic) bond motifs is 1. The summed E-state index contributed by atoms with van der Waals surface area (Å²) in [6.07, 6.45) is 0. The van der Waals surface area contributed by atoms with Gasteiger partial charge in [-0.25, -0.2) is 4.39 Å². The van der Waals surface area contributed by atoms with Crippen molar-refractivity contribution in [2.75, 3.05) is 6.54 Å². The molecule has 1 aliphatic heterocycles. The van der Waals surface area contributed by atoms with Crippen molar-refractivity contribution >= 4 is 17.8 Å². The van der Waals surface area contributed by atoms with E-state index in [9.17, 15) is 18.8 Å². The van der Waals surface area contributed by atoms with Crippen molar-refractivity contribution in [1.29, 1.82) is 0 Å². The molecule has 0 saturated heterocycles. The van der Waals surface area contributed by atoms with Crippen LogP contribution in [0, 0.1) is 5.82 Å². The summed E-state index contributed by atoms with van der Waals surface area (Å²) >= 11 is 0. The van der Waals surface area contributed by atoms with E-state index in [0.717, 1.165) is 10.5 Å². The molecule has 1 atom stereocenters. The number of amides is 2. The highest BCUT2D eigenvalue weighted by atomic mass is 19.1. The van der Waals surface area contributed by atoms with E-state index >= 15 is 0 Å². The third kappa shape index (κ3) is 3.85. The van der Waals surface area contributed by atoms with E-state index in [2.05, 4.69) is 0 Å². The molecule has 0 spiro atoms. The van der Waals surface area contributed by atoms with Gasteiger partial charge in [-0.1, -0.05) is 54.6 Å². The number of carbonyl (C=O) groups is 3. The maximum atomic E-state index is 13.4. The summed E-state index contributed by atoms with van der Waals surface area (Å²) < 4.78 is 18.8. The fourth-order valence-corrected chi connectivity index (χ4v) is 3.43. The molecule has 0 fully saturated rings. The molecule has 0 bridgehead atoms. The van der Waals surface area contributed by atoms with Gasteiger partial charge in [-0.2, -0.15) is 0 Å². The second-order valence-electron chi connectivity index (χ2n) is 6.96. The number of hydrogen-bond donors (Lipinski definition) is 0. The Bertz CT molecular complexity index is 1060. The molecule has 3 aromatic rings. The van der Waals surface area contributed by atoms with Gasteiger partial charge in [0.25, 0.3) is 11.8 Å². The fraction of sp³-hybridized carbons (Fsp3) is 0.125. The first-order chi connectivity index (χ1) is 14.5. The summed E-state index contributed by atoms with van der Waals surface area (Å²) in [4.78, 5) is 39.4. The molecule has 1 heterocycles. The molecule has 6 heteroatoms. The number of ether oxygens (including phenoxy) is 1. The van der Waals surface area contributed by atoms with Gasteiger partial charge in [-0.05, 0) is 35.4 Å². The zero-order valence-corrected chi connectivity index (χ0v) is 16.0. The molecule has 5 nitrogen and oxygen atoms in total. The minimum Gasteiger partial charge on any atom is -0.460 e. The van der Waals surface area contributed by atoms with E-state index in [1.807, 2.05) is 30.3 Å². The molecule has 0 aliphatic carbocycles. The molecule has 1 unspecified atom stereocenters. The second-order valence-corrected chi connectivity index (χ2v) is 6.96. The second kappa shape index (κ2) is 8.29. The van der Waals surface area contributed by atoms with Crippen LogP contribution >= 0.6 is 0 Å². The molecular formula is C24H18FNO4. The van der Waals surface area contributed by atoms with E-state index in [0.29, 0.717) is 16.7 Å². The van der Waals surface area contributed by atoms with Gasteiger partial charge in [0.2, 0.25) is 0 Å². The van der Waals surface area contributed by atoms with Gasteiger partial charge >= 0.3 is 5.97 Å². The molecule has 150 valence electrons. The first-order valence-corrected chi connectivity index (χ1v) is 9.46. The summed E-state index contributed by atoms with van der Waals surface area (Å²) in [7, 11) is 0. The number of carbonyl (C=O) groups excluding carboxylic acids is 3. The number of esters is 1. The lowest BCUT2D eigenvalue weighted by Crippen LogP contribution is -2.36. The monoisotopic (exact) mass is 403 g/mol. The SMILES string of the molecule is O=C(OCc1ccccc1)C(CN1C(=O)c2ccccc2C1=O)c1ccc(F)cc1. The van der Waals surface area contributed by atoms with E-state index in [4.69, 9.17) is 4.74 Å². The average Bonchev–Trinajstić information content (AvgIpc) is 3.02. The lowest BCUT2D eigenvalue weighted by atomic mass is 9.98. The van der Waals surface area contributed by atoms with Crippen molar-refractivity contribution < 1.29 is 23.5 Å². The number of nitrogens with zero attached hydrogens (tertiary/aromatic N) is 1. The predicted molar refractivity (Wildman–Crippen MR) is 107 cm³/mol. The molecule has 4 rings (SSSR count). The van der Waals surface area contributed by atoms with Crippen LogP contribution in [0.4, 0.5) is 4.39 Å². The van der Waals surface area contributed by atoms with Crippen LogP contribution in [0.25, 0.3) is 0 Å². The quantitative estimate of drug-likeness (QED) is 0.462. The number of benzene rings is 3. The highest BCUT2D eigenvalue weighted by molar-refractivity contribution is 6.21. The van der Waals surface area contributed by atoms with E-state index in [1.54, 1.807) is 24.3 Å². The molecular weight excluding hydrogens is 385 g/mol. The third-order valence-corrected chi connectivity index (χ3v) is 5.02. The van der Waals surface area contributed by atoms with Crippen LogP contribution < -0.4 is 0 Å². The Morgan fingerprint density at radius 3 is 2.00 bits per heavy atom. The topological polar surface area (TPSA) is 63.7 Å². The lowest BCUT2D eigenvalue weighted by molar-refractivity contribution is -0.147. The minimum atomic E-state index is -0.934. The standard InChI is InChI=1S/C24H18FNO4/c25-18-12-10-17(11-13-18)21(24(29)30-15-16-6-2-1-3-7-16)14-26-22(27)19-8-4-5-9-20(19)23(26)28/h1-13,21H,14-15H2. The van der Waals surface area contributed by atoms with Crippen LogP contribution in [0.3, 0.4) is 0 Å². The van der Waals surface area contributed by atoms with Gasteiger partial charge in [-0.15, -0.1) is 0 Å². The Balaban J connectivity index is 1.58. The largest absolute Gasteiger partial charge is 0.460 e. The Morgan fingerprint density at radius 1 is 0.833 bits per heavy atom. The number of hydrogen-bond acceptors (Lipinski definition) is 4. The first kappa shape index (κ1) is 19.5.